The highest BCUT2D eigenvalue weighted by Crippen LogP contribution is 2.04. The van der Waals surface area contributed by atoms with Crippen LogP contribution in [0.5, 0.6) is 0 Å². The second-order valence-corrected chi connectivity index (χ2v) is 5.67. The van der Waals surface area contributed by atoms with Crippen molar-refractivity contribution in [2.75, 3.05) is 39.8 Å². The number of hydrogen-bond donors (Lipinski definition) is 0. The SMILES string of the molecule is CC(C)/C=C/C(=O)CCCN1CCCN(C)CC1. The summed E-state index contributed by atoms with van der Waals surface area (Å²) in [5.41, 5.74) is 0. The van der Waals surface area contributed by atoms with E-state index >= 15 is 0 Å². The Morgan fingerprint density at radius 3 is 2.72 bits per heavy atom. The maximum absolute atomic E-state index is 11.6. The molecule has 1 fully saturated rings. The second kappa shape index (κ2) is 8.44. The number of allylic oxidation sites excluding steroid dienone is 2. The summed E-state index contributed by atoms with van der Waals surface area (Å²) in [6, 6.07) is 0. The number of rotatable bonds is 6. The molecule has 0 aromatic heterocycles. The lowest BCUT2D eigenvalue weighted by Gasteiger charge is -2.19. The molecule has 18 heavy (non-hydrogen) atoms. The summed E-state index contributed by atoms with van der Waals surface area (Å²) in [4.78, 5) is 16.5. The first-order valence-electron chi connectivity index (χ1n) is 7.20. The number of hydrogen-bond acceptors (Lipinski definition) is 3. The third-order valence-corrected chi connectivity index (χ3v) is 3.38. The molecule has 1 saturated heterocycles. The largest absolute Gasteiger partial charge is 0.305 e. The van der Waals surface area contributed by atoms with Gasteiger partial charge in [-0.2, -0.15) is 0 Å². The highest BCUT2D eigenvalue weighted by molar-refractivity contribution is 5.89. The fraction of sp³-hybridized carbons (Fsp3) is 0.800. The molecule has 0 spiro atoms. The Morgan fingerprint density at radius 1 is 1.22 bits per heavy atom. The van der Waals surface area contributed by atoms with Crippen molar-refractivity contribution in [1.82, 2.24) is 9.80 Å². The molecule has 1 heterocycles. The van der Waals surface area contributed by atoms with E-state index in [1.165, 1.54) is 19.5 Å². The molecular weight excluding hydrogens is 224 g/mol. The van der Waals surface area contributed by atoms with Crippen LogP contribution in [0.25, 0.3) is 0 Å². The normalized spacial score (nSPS) is 19.6. The molecule has 1 aliphatic heterocycles. The molecule has 0 amide bonds. The van der Waals surface area contributed by atoms with Gasteiger partial charge in [-0.05, 0) is 51.5 Å². The van der Waals surface area contributed by atoms with Crippen LogP contribution in [0.2, 0.25) is 0 Å². The number of ketones is 1. The minimum absolute atomic E-state index is 0.274. The minimum atomic E-state index is 0.274. The predicted octanol–water partition coefficient (Wildman–Crippen LogP) is 2.19. The van der Waals surface area contributed by atoms with Crippen LogP contribution in [-0.2, 0) is 4.79 Å². The van der Waals surface area contributed by atoms with Crippen molar-refractivity contribution >= 4 is 5.78 Å². The van der Waals surface area contributed by atoms with E-state index in [9.17, 15) is 4.79 Å². The molecule has 0 unspecified atom stereocenters. The van der Waals surface area contributed by atoms with Crippen LogP contribution in [-0.4, -0.2) is 55.4 Å². The van der Waals surface area contributed by atoms with Gasteiger partial charge in [0.25, 0.3) is 0 Å². The third-order valence-electron chi connectivity index (χ3n) is 3.38. The predicted molar refractivity (Wildman–Crippen MR) is 76.8 cm³/mol. The van der Waals surface area contributed by atoms with E-state index in [0.29, 0.717) is 12.3 Å². The van der Waals surface area contributed by atoms with E-state index < -0.39 is 0 Å². The topological polar surface area (TPSA) is 23.6 Å². The molecule has 3 nitrogen and oxygen atoms in total. The molecule has 0 atom stereocenters. The summed E-state index contributed by atoms with van der Waals surface area (Å²) in [5.74, 6) is 0.741. The van der Waals surface area contributed by atoms with Gasteiger partial charge in [0.05, 0.1) is 0 Å². The Bertz CT molecular complexity index is 274. The van der Waals surface area contributed by atoms with Gasteiger partial charge in [-0.1, -0.05) is 19.9 Å². The second-order valence-electron chi connectivity index (χ2n) is 5.67. The van der Waals surface area contributed by atoms with Gasteiger partial charge in [-0.15, -0.1) is 0 Å². The Morgan fingerprint density at radius 2 is 2.00 bits per heavy atom. The van der Waals surface area contributed by atoms with Crippen molar-refractivity contribution in [2.45, 2.75) is 33.1 Å². The molecule has 1 rings (SSSR count). The highest BCUT2D eigenvalue weighted by Gasteiger charge is 2.11. The summed E-state index contributed by atoms with van der Waals surface area (Å²) in [7, 11) is 2.18. The number of carbonyl (C=O) groups is 1. The van der Waals surface area contributed by atoms with Crippen LogP contribution in [0.15, 0.2) is 12.2 Å². The van der Waals surface area contributed by atoms with E-state index in [-0.39, 0.29) is 5.78 Å². The van der Waals surface area contributed by atoms with Crippen LogP contribution in [0.3, 0.4) is 0 Å². The Labute approximate surface area is 112 Å². The number of carbonyl (C=O) groups excluding carboxylic acids is 1. The van der Waals surface area contributed by atoms with Crippen molar-refractivity contribution in [3.05, 3.63) is 12.2 Å². The van der Waals surface area contributed by atoms with Gasteiger partial charge in [0.15, 0.2) is 5.78 Å². The molecule has 0 radical (unpaired) electrons. The van der Waals surface area contributed by atoms with Crippen LogP contribution in [0, 0.1) is 5.92 Å². The number of nitrogens with zero attached hydrogens (tertiary/aromatic N) is 2. The summed E-state index contributed by atoms with van der Waals surface area (Å²) in [6.07, 6.45) is 6.67. The van der Waals surface area contributed by atoms with E-state index in [1.54, 1.807) is 6.08 Å². The Hall–Kier alpha value is -0.670. The molecule has 0 aliphatic carbocycles. The van der Waals surface area contributed by atoms with Gasteiger partial charge < -0.3 is 9.80 Å². The van der Waals surface area contributed by atoms with Gasteiger partial charge >= 0.3 is 0 Å². The van der Waals surface area contributed by atoms with Gasteiger partial charge in [-0.3, -0.25) is 4.79 Å². The zero-order valence-corrected chi connectivity index (χ0v) is 12.2. The molecule has 1 aliphatic rings. The average Bonchev–Trinajstić information content (AvgIpc) is 2.52. The monoisotopic (exact) mass is 252 g/mol. The summed E-state index contributed by atoms with van der Waals surface area (Å²) < 4.78 is 0. The quantitative estimate of drug-likeness (QED) is 0.677. The van der Waals surface area contributed by atoms with Crippen LogP contribution in [0.1, 0.15) is 33.1 Å². The molecule has 104 valence electrons. The fourth-order valence-corrected chi connectivity index (χ4v) is 2.18. The average molecular weight is 252 g/mol. The van der Waals surface area contributed by atoms with Gasteiger partial charge in [0.1, 0.15) is 0 Å². The van der Waals surface area contributed by atoms with Crippen LogP contribution >= 0.6 is 0 Å². The molecule has 3 heteroatoms. The van der Waals surface area contributed by atoms with E-state index in [0.717, 1.165) is 26.1 Å². The molecule has 0 saturated carbocycles. The van der Waals surface area contributed by atoms with Crippen LogP contribution in [0.4, 0.5) is 0 Å². The smallest absolute Gasteiger partial charge is 0.155 e. The van der Waals surface area contributed by atoms with E-state index in [2.05, 4.69) is 30.7 Å². The lowest BCUT2D eigenvalue weighted by atomic mass is 10.1. The van der Waals surface area contributed by atoms with Gasteiger partial charge in [0, 0.05) is 19.5 Å². The number of likely N-dealkylation sites (N-methyl/N-ethyl adjacent to an activating group) is 1. The standard InChI is InChI=1S/C15H28N2O/c1-14(2)7-8-15(18)6-4-10-17-11-5-9-16(3)12-13-17/h7-8,14H,4-6,9-13H2,1-3H3/b8-7+. The first kappa shape index (κ1) is 15.4. The zero-order chi connectivity index (χ0) is 13.4. The molecule has 0 aromatic carbocycles. The van der Waals surface area contributed by atoms with Crippen molar-refractivity contribution in [3.63, 3.8) is 0 Å². The Balaban J connectivity index is 2.15. The maximum atomic E-state index is 11.6. The Kier molecular flexibility index (Phi) is 7.21. The zero-order valence-electron chi connectivity index (χ0n) is 12.2. The summed E-state index contributed by atoms with van der Waals surface area (Å²) in [6.45, 7) is 9.94. The lowest BCUT2D eigenvalue weighted by Crippen LogP contribution is -2.29. The fourth-order valence-electron chi connectivity index (χ4n) is 2.18. The van der Waals surface area contributed by atoms with Crippen LogP contribution < -0.4 is 0 Å². The van der Waals surface area contributed by atoms with Gasteiger partial charge in [0.2, 0.25) is 0 Å². The highest BCUT2D eigenvalue weighted by atomic mass is 16.1. The third kappa shape index (κ3) is 6.92. The minimum Gasteiger partial charge on any atom is -0.305 e. The molecular formula is C15H28N2O. The van der Waals surface area contributed by atoms with Crippen molar-refractivity contribution in [2.24, 2.45) is 5.92 Å². The summed E-state index contributed by atoms with van der Waals surface area (Å²) in [5, 5.41) is 0. The van der Waals surface area contributed by atoms with Crippen molar-refractivity contribution in [1.29, 1.82) is 0 Å². The van der Waals surface area contributed by atoms with E-state index in [1.807, 2.05) is 6.08 Å². The van der Waals surface area contributed by atoms with Crippen molar-refractivity contribution < 1.29 is 4.79 Å². The van der Waals surface area contributed by atoms with E-state index in [4.69, 9.17) is 0 Å². The maximum Gasteiger partial charge on any atom is 0.155 e. The molecule has 0 aromatic rings. The lowest BCUT2D eigenvalue weighted by molar-refractivity contribution is -0.114. The molecule has 0 N–H and O–H groups in total. The molecule has 0 bridgehead atoms. The first-order chi connectivity index (χ1) is 8.58. The first-order valence-corrected chi connectivity index (χ1v) is 7.20. The summed E-state index contributed by atoms with van der Waals surface area (Å²) >= 11 is 0. The van der Waals surface area contributed by atoms with Gasteiger partial charge in [-0.25, -0.2) is 0 Å². The van der Waals surface area contributed by atoms with Crippen molar-refractivity contribution in [3.8, 4) is 0 Å².